The Bertz CT molecular complexity index is 688. The lowest BCUT2D eigenvalue weighted by Gasteiger charge is -2.33. The number of rotatable bonds is 5. The maximum absolute atomic E-state index is 13.4. The predicted molar refractivity (Wildman–Crippen MR) is 88.6 cm³/mol. The van der Waals surface area contributed by atoms with Crippen LogP contribution in [0.2, 0.25) is 0 Å². The third kappa shape index (κ3) is 5.37. The van der Waals surface area contributed by atoms with Crippen LogP contribution < -0.4 is 15.4 Å². The normalized spacial score (nSPS) is 21.0. The molecule has 2 unspecified atom stereocenters. The van der Waals surface area contributed by atoms with E-state index >= 15 is 0 Å². The summed E-state index contributed by atoms with van der Waals surface area (Å²) in [5.74, 6) is -3.40. The Morgan fingerprint density at radius 1 is 1.33 bits per heavy atom. The van der Waals surface area contributed by atoms with Crippen LogP contribution in [0.5, 0.6) is 0 Å². The van der Waals surface area contributed by atoms with E-state index in [0.717, 1.165) is 12.1 Å². The number of carbonyl (C=O) groups excluding carboxylic acids is 1. The van der Waals surface area contributed by atoms with E-state index in [2.05, 4.69) is 15.4 Å². The van der Waals surface area contributed by atoms with Gasteiger partial charge in [-0.3, -0.25) is 4.79 Å². The van der Waals surface area contributed by atoms with Crippen molar-refractivity contribution in [1.82, 2.24) is 15.4 Å². The topological polar surface area (TPSA) is 87.3 Å². The highest BCUT2D eigenvalue weighted by atomic mass is 35.5. The van der Waals surface area contributed by atoms with Crippen LogP contribution in [0.3, 0.4) is 0 Å². The van der Waals surface area contributed by atoms with E-state index in [9.17, 15) is 22.0 Å². The number of halogens is 3. The molecule has 0 spiro atoms. The molecule has 1 heterocycles. The quantitative estimate of drug-likeness (QED) is 0.691. The first kappa shape index (κ1) is 20.8. The molecule has 1 aromatic rings. The van der Waals surface area contributed by atoms with E-state index in [1.165, 1.54) is 13.1 Å². The van der Waals surface area contributed by atoms with Gasteiger partial charge in [0.15, 0.2) is 11.6 Å². The van der Waals surface area contributed by atoms with Crippen molar-refractivity contribution >= 4 is 28.3 Å². The molecule has 1 aliphatic rings. The third-order valence-electron chi connectivity index (χ3n) is 3.83. The van der Waals surface area contributed by atoms with Crippen LogP contribution in [-0.2, 0) is 14.8 Å². The first-order valence-electron chi connectivity index (χ1n) is 7.18. The minimum atomic E-state index is -3.66. The van der Waals surface area contributed by atoms with Crippen LogP contribution in [-0.4, -0.2) is 46.3 Å². The molecular formula is C14H20ClF2N3O3S. The summed E-state index contributed by atoms with van der Waals surface area (Å²) in [6.07, 6.45) is 0.620. The van der Waals surface area contributed by atoms with E-state index in [0.29, 0.717) is 25.1 Å². The van der Waals surface area contributed by atoms with E-state index < -0.39 is 39.4 Å². The second kappa shape index (κ2) is 8.70. The number of benzene rings is 1. The van der Waals surface area contributed by atoms with Gasteiger partial charge in [0.05, 0.1) is 0 Å². The molecule has 2 rings (SSSR count). The van der Waals surface area contributed by atoms with Crippen molar-refractivity contribution in [2.45, 2.75) is 18.4 Å². The van der Waals surface area contributed by atoms with Gasteiger partial charge < -0.3 is 10.6 Å². The molecule has 1 fully saturated rings. The Morgan fingerprint density at radius 3 is 2.67 bits per heavy atom. The monoisotopic (exact) mass is 383 g/mol. The number of piperidine rings is 1. The number of amides is 1. The molecule has 10 heteroatoms. The number of hydrogen-bond acceptors (Lipinski definition) is 4. The largest absolute Gasteiger partial charge is 0.351 e. The maximum Gasteiger partial charge on any atom is 0.236 e. The summed E-state index contributed by atoms with van der Waals surface area (Å²) in [7, 11) is -2.42. The Labute approximate surface area is 145 Å². The van der Waals surface area contributed by atoms with Crippen molar-refractivity contribution in [3.05, 3.63) is 35.4 Å². The highest BCUT2D eigenvalue weighted by Gasteiger charge is 2.29. The second-order valence-electron chi connectivity index (χ2n) is 5.41. The Balaban J connectivity index is 0.00000288. The molecule has 1 saturated heterocycles. The van der Waals surface area contributed by atoms with Gasteiger partial charge in [0.1, 0.15) is 5.75 Å². The summed E-state index contributed by atoms with van der Waals surface area (Å²) in [5.41, 5.74) is 0.576. The maximum atomic E-state index is 13.4. The van der Waals surface area contributed by atoms with Crippen molar-refractivity contribution in [1.29, 1.82) is 0 Å². The zero-order valence-corrected chi connectivity index (χ0v) is 14.6. The average molecular weight is 384 g/mol. The zero-order chi connectivity index (χ0) is 17.0. The Morgan fingerprint density at radius 2 is 2.04 bits per heavy atom. The molecule has 0 aliphatic carbocycles. The zero-order valence-electron chi connectivity index (χ0n) is 13.0. The molecule has 2 atom stereocenters. The predicted octanol–water partition coefficient (Wildman–Crippen LogP) is 0.497. The molecule has 0 saturated carbocycles. The fraction of sp³-hybridized carbons (Fsp3) is 0.500. The van der Waals surface area contributed by atoms with Gasteiger partial charge in [0.25, 0.3) is 0 Å². The summed E-state index contributed by atoms with van der Waals surface area (Å²) in [6, 6.07) is 3.26. The van der Waals surface area contributed by atoms with E-state index in [-0.39, 0.29) is 18.3 Å². The highest BCUT2D eigenvalue weighted by Crippen LogP contribution is 2.27. The standard InChI is InChI=1S/C14H19F2N3O3S.ClH/c1-17-23(21,22)8-14(20)19-13-7-18-5-4-10(13)9-2-3-11(15)12(16)6-9;/h2-3,6,10,13,17-18H,4-5,7-8H2,1H3,(H,19,20);1H. The summed E-state index contributed by atoms with van der Waals surface area (Å²) < 4.78 is 51.4. The molecule has 136 valence electrons. The molecule has 1 aliphatic heterocycles. The molecule has 1 amide bonds. The van der Waals surface area contributed by atoms with Crippen molar-refractivity contribution in [2.24, 2.45) is 0 Å². The molecule has 1 aromatic carbocycles. The first-order valence-corrected chi connectivity index (χ1v) is 8.84. The van der Waals surface area contributed by atoms with Gasteiger partial charge in [-0.25, -0.2) is 21.9 Å². The van der Waals surface area contributed by atoms with Crippen LogP contribution in [0.25, 0.3) is 0 Å². The molecule has 3 N–H and O–H groups in total. The van der Waals surface area contributed by atoms with E-state index in [4.69, 9.17) is 0 Å². The van der Waals surface area contributed by atoms with Gasteiger partial charge >= 0.3 is 0 Å². The number of hydrogen-bond donors (Lipinski definition) is 3. The fourth-order valence-electron chi connectivity index (χ4n) is 2.65. The third-order valence-corrected chi connectivity index (χ3v) is 5.10. The fourth-order valence-corrected chi connectivity index (χ4v) is 3.22. The average Bonchev–Trinajstić information content (AvgIpc) is 2.50. The van der Waals surface area contributed by atoms with Crippen molar-refractivity contribution < 1.29 is 22.0 Å². The molecule has 24 heavy (non-hydrogen) atoms. The van der Waals surface area contributed by atoms with Gasteiger partial charge in [-0.2, -0.15) is 0 Å². The summed E-state index contributed by atoms with van der Waals surface area (Å²) in [5, 5.41) is 5.75. The van der Waals surface area contributed by atoms with E-state index in [1.54, 1.807) is 0 Å². The second-order valence-corrected chi connectivity index (χ2v) is 7.34. The van der Waals surface area contributed by atoms with Crippen LogP contribution in [0.1, 0.15) is 17.9 Å². The summed E-state index contributed by atoms with van der Waals surface area (Å²) >= 11 is 0. The molecule has 0 aromatic heterocycles. The summed E-state index contributed by atoms with van der Waals surface area (Å²) in [6.45, 7) is 1.10. The van der Waals surface area contributed by atoms with Crippen molar-refractivity contribution in [3.8, 4) is 0 Å². The SMILES string of the molecule is CNS(=O)(=O)CC(=O)NC1CNCCC1c1ccc(F)c(F)c1.Cl. The van der Waals surface area contributed by atoms with Crippen molar-refractivity contribution in [3.63, 3.8) is 0 Å². The highest BCUT2D eigenvalue weighted by molar-refractivity contribution is 7.90. The minimum Gasteiger partial charge on any atom is -0.351 e. The lowest BCUT2D eigenvalue weighted by molar-refractivity contribution is -0.119. The molecule has 0 bridgehead atoms. The minimum absolute atomic E-state index is 0. The number of nitrogens with one attached hydrogen (secondary N) is 3. The smallest absolute Gasteiger partial charge is 0.236 e. The first-order chi connectivity index (χ1) is 10.8. The van der Waals surface area contributed by atoms with Crippen LogP contribution in [0.4, 0.5) is 8.78 Å². The Hall–Kier alpha value is -1.29. The Kier molecular flexibility index (Phi) is 7.53. The van der Waals surface area contributed by atoms with Gasteiger partial charge in [-0.05, 0) is 37.7 Å². The van der Waals surface area contributed by atoms with Crippen molar-refractivity contribution in [2.75, 3.05) is 25.9 Å². The molecule has 0 radical (unpaired) electrons. The lowest BCUT2D eigenvalue weighted by Crippen LogP contribution is -2.51. The van der Waals surface area contributed by atoms with Gasteiger partial charge in [0.2, 0.25) is 15.9 Å². The van der Waals surface area contributed by atoms with Gasteiger partial charge in [-0.15, -0.1) is 12.4 Å². The molecular weight excluding hydrogens is 364 g/mol. The van der Waals surface area contributed by atoms with Crippen LogP contribution in [0, 0.1) is 11.6 Å². The van der Waals surface area contributed by atoms with E-state index in [1.807, 2.05) is 0 Å². The number of carbonyl (C=O) groups is 1. The lowest BCUT2D eigenvalue weighted by atomic mass is 9.86. The molecule has 6 nitrogen and oxygen atoms in total. The van der Waals surface area contributed by atoms with Gasteiger partial charge in [-0.1, -0.05) is 6.07 Å². The van der Waals surface area contributed by atoms with Crippen LogP contribution >= 0.6 is 12.4 Å². The van der Waals surface area contributed by atoms with Gasteiger partial charge in [0, 0.05) is 18.5 Å². The van der Waals surface area contributed by atoms with Crippen LogP contribution in [0.15, 0.2) is 18.2 Å². The summed E-state index contributed by atoms with van der Waals surface area (Å²) in [4.78, 5) is 11.9. The number of sulfonamides is 1.